The average Bonchev–Trinajstić information content (AvgIpc) is 2.45. The van der Waals surface area contributed by atoms with Gasteiger partial charge < -0.3 is 10.2 Å². The summed E-state index contributed by atoms with van der Waals surface area (Å²) in [5.41, 5.74) is -0.256. The summed E-state index contributed by atoms with van der Waals surface area (Å²) in [4.78, 5) is 24.4. The molecule has 0 aliphatic heterocycles. The molecule has 116 valence electrons. The Labute approximate surface area is 133 Å². The highest BCUT2D eigenvalue weighted by molar-refractivity contribution is 6.44. The van der Waals surface area contributed by atoms with E-state index in [4.69, 9.17) is 23.2 Å². The molecular formula is C13H17Cl2N3O3. The van der Waals surface area contributed by atoms with Gasteiger partial charge in [-0.3, -0.25) is 14.9 Å². The van der Waals surface area contributed by atoms with Gasteiger partial charge in [-0.1, -0.05) is 37.0 Å². The van der Waals surface area contributed by atoms with Crippen molar-refractivity contribution < 1.29 is 9.72 Å². The highest BCUT2D eigenvalue weighted by Gasteiger charge is 2.19. The molecular weight excluding hydrogens is 317 g/mol. The maximum Gasteiger partial charge on any atom is 0.271 e. The van der Waals surface area contributed by atoms with Gasteiger partial charge in [0.05, 0.1) is 20.5 Å². The Morgan fingerprint density at radius 2 is 1.95 bits per heavy atom. The minimum absolute atomic E-state index is 0.00964. The number of nitro benzene ring substituents is 1. The molecule has 6 nitrogen and oxygen atoms in total. The zero-order valence-corrected chi connectivity index (χ0v) is 13.4. The number of nitrogens with zero attached hydrogens (tertiary/aromatic N) is 2. The molecule has 8 heteroatoms. The molecule has 0 saturated heterocycles. The second-order valence-electron chi connectivity index (χ2n) is 4.33. The van der Waals surface area contributed by atoms with Gasteiger partial charge >= 0.3 is 0 Å². The van der Waals surface area contributed by atoms with Crippen LogP contribution < -0.4 is 5.32 Å². The molecule has 1 rings (SSSR count). The molecule has 1 aromatic rings. The molecule has 0 fully saturated rings. The average molecular weight is 334 g/mol. The lowest BCUT2D eigenvalue weighted by atomic mass is 10.2. The van der Waals surface area contributed by atoms with Crippen LogP contribution in [-0.4, -0.2) is 41.9 Å². The van der Waals surface area contributed by atoms with Crippen molar-refractivity contribution in [2.45, 2.75) is 13.8 Å². The fourth-order valence-corrected chi connectivity index (χ4v) is 2.22. The first kappa shape index (κ1) is 17.7. The minimum atomic E-state index is -0.616. The van der Waals surface area contributed by atoms with E-state index in [0.717, 1.165) is 25.2 Å². The number of hydrogen-bond donors (Lipinski definition) is 1. The number of halogens is 2. The summed E-state index contributed by atoms with van der Waals surface area (Å²) in [5.74, 6) is -0.474. The van der Waals surface area contributed by atoms with Crippen molar-refractivity contribution in [2.24, 2.45) is 0 Å². The molecule has 21 heavy (non-hydrogen) atoms. The SMILES string of the molecule is CCN(CC)CCNC(=O)c1cc([N+](=O)[O-])cc(Cl)c1Cl. The smallest absolute Gasteiger partial charge is 0.271 e. The number of nitrogens with one attached hydrogen (secondary N) is 1. The van der Waals surface area contributed by atoms with Crippen molar-refractivity contribution in [3.05, 3.63) is 37.9 Å². The van der Waals surface area contributed by atoms with E-state index in [2.05, 4.69) is 10.2 Å². The first-order valence-corrected chi connectivity index (χ1v) is 7.30. The molecule has 1 N–H and O–H groups in total. The molecule has 0 aromatic heterocycles. The van der Waals surface area contributed by atoms with Gasteiger partial charge in [-0.2, -0.15) is 0 Å². The number of hydrogen-bond acceptors (Lipinski definition) is 4. The van der Waals surface area contributed by atoms with E-state index >= 15 is 0 Å². The summed E-state index contributed by atoms with van der Waals surface area (Å²) >= 11 is 11.7. The van der Waals surface area contributed by atoms with Gasteiger partial charge in [0.2, 0.25) is 0 Å². The Bertz CT molecular complexity index is 534. The highest BCUT2D eigenvalue weighted by Crippen LogP contribution is 2.30. The monoisotopic (exact) mass is 333 g/mol. The van der Waals surface area contributed by atoms with Crippen molar-refractivity contribution in [2.75, 3.05) is 26.2 Å². The molecule has 1 amide bonds. The molecule has 0 saturated carbocycles. The maximum atomic E-state index is 12.1. The second kappa shape index (κ2) is 8.17. The van der Waals surface area contributed by atoms with Gasteiger partial charge in [-0.25, -0.2) is 0 Å². The number of carbonyl (C=O) groups is 1. The molecule has 0 aliphatic rings. The summed E-state index contributed by atoms with van der Waals surface area (Å²) in [6, 6.07) is 2.25. The Hall–Kier alpha value is -1.37. The molecule has 0 heterocycles. The van der Waals surface area contributed by atoms with Crippen LogP contribution in [0.3, 0.4) is 0 Å². The molecule has 0 unspecified atom stereocenters. The minimum Gasteiger partial charge on any atom is -0.351 e. The predicted octanol–water partition coefficient (Wildman–Crippen LogP) is 2.97. The van der Waals surface area contributed by atoms with Gasteiger partial charge in [-0.05, 0) is 13.1 Å². The first-order valence-electron chi connectivity index (χ1n) is 6.54. The number of carbonyl (C=O) groups excluding carboxylic acids is 1. The fraction of sp³-hybridized carbons (Fsp3) is 0.462. The fourth-order valence-electron chi connectivity index (χ4n) is 1.81. The second-order valence-corrected chi connectivity index (χ2v) is 5.11. The summed E-state index contributed by atoms with van der Waals surface area (Å²) in [5, 5.41) is 13.5. The lowest BCUT2D eigenvalue weighted by Crippen LogP contribution is -2.34. The van der Waals surface area contributed by atoms with Gasteiger partial charge in [0.15, 0.2) is 0 Å². The molecule has 1 aromatic carbocycles. The Morgan fingerprint density at radius 1 is 1.33 bits per heavy atom. The topological polar surface area (TPSA) is 75.5 Å². The van der Waals surface area contributed by atoms with Crippen LogP contribution >= 0.6 is 23.2 Å². The lowest BCUT2D eigenvalue weighted by molar-refractivity contribution is -0.384. The zero-order chi connectivity index (χ0) is 16.0. The lowest BCUT2D eigenvalue weighted by Gasteiger charge is -2.18. The zero-order valence-electron chi connectivity index (χ0n) is 11.9. The van der Waals surface area contributed by atoms with Crippen molar-refractivity contribution in [3.63, 3.8) is 0 Å². The van der Waals surface area contributed by atoms with Crippen LogP contribution in [0, 0.1) is 10.1 Å². The quantitative estimate of drug-likeness (QED) is 0.614. The van der Waals surface area contributed by atoms with Crippen LogP contribution in [0.2, 0.25) is 10.0 Å². The number of likely N-dealkylation sites (N-methyl/N-ethyl adjacent to an activating group) is 1. The third-order valence-electron chi connectivity index (χ3n) is 3.08. The van der Waals surface area contributed by atoms with E-state index < -0.39 is 10.8 Å². The van der Waals surface area contributed by atoms with E-state index in [1.807, 2.05) is 13.8 Å². The van der Waals surface area contributed by atoms with Crippen molar-refractivity contribution in [3.8, 4) is 0 Å². The molecule has 0 aliphatic carbocycles. The maximum absolute atomic E-state index is 12.1. The van der Waals surface area contributed by atoms with E-state index in [9.17, 15) is 14.9 Å². The van der Waals surface area contributed by atoms with Crippen molar-refractivity contribution >= 4 is 34.8 Å². The van der Waals surface area contributed by atoms with Gasteiger partial charge in [0.25, 0.3) is 11.6 Å². The normalized spacial score (nSPS) is 10.7. The van der Waals surface area contributed by atoms with Crippen LogP contribution in [0.25, 0.3) is 0 Å². The van der Waals surface area contributed by atoms with Gasteiger partial charge in [0, 0.05) is 25.2 Å². The third-order valence-corrected chi connectivity index (χ3v) is 3.88. The predicted molar refractivity (Wildman–Crippen MR) is 83.2 cm³/mol. The van der Waals surface area contributed by atoms with Crippen molar-refractivity contribution in [1.29, 1.82) is 0 Å². The number of non-ortho nitro benzene ring substituents is 1. The number of benzene rings is 1. The highest BCUT2D eigenvalue weighted by atomic mass is 35.5. The Morgan fingerprint density at radius 3 is 2.48 bits per heavy atom. The van der Waals surface area contributed by atoms with E-state index in [-0.39, 0.29) is 21.3 Å². The summed E-state index contributed by atoms with van der Waals surface area (Å²) in [6.45, 7) is 6.95. The first-order chi connectivity index (χ1) is 9.90. The van der Waals surface area contributed by atoms with E-state index in [1.165, 1.54) is 0 Å². The van der Waals surface area contributed by atoms with E-state index in [0.29, 0.717) is 13.1 Å². The van der Waals surface area contributed by atoms with Crippen LogP contribution in [0.15, 0.2) is 12.1 Å². The van der Waals surface area contributed by atoms with Crippen LogP contribution in [0.4, 0.5) is 5.69 Å². The number of rotatable bonds is 7. The largest absolute Gasteiger partial charge is 0.351 e. The Kier molecular flexibility index (Phi) is 6.87. The molecule has 0 bridgehead atoms. The van der Waals surface area contributed by atoms with Gasteiger partial charge in [0.1, 0.15) is 0 Å². The molecule has 0 radical (unpaired) electrons. The van der Waals surface area contributed by atoms with Crippen LogP contribution in [-0.2, 0) is 0 Å². The molecule has 0 atom stereocenters. The van der Waals surface area contributed by atoms with Crippen molar-refractivity contribution in [1.82, 2.24) is 10.2 Å². The summed E-state index contributed by atoms with van der Waals surface area (Å²) < 4.78 is 0. The van der Waals surface area contributed by atoms with Crippen LogP contribution in [0.5, 0.6) is 0 Å². The standard InChI is InChI=1S/C13H17Cl2N3O3/c1-3-17(4-2)6-5-16-13(19)10-7-9(18(20)21)8-11(14)12(10)15/h7-8H,3-6H2,1-2H3,(H,16,19). The summed E-state index contributed by atoms with van der Waals surface area (Å²) in [7, 11) is 0. The molecule has 0 spiro atoms. The van der Waals surface area contributed by atoms with E-state index in [1.54, 1.807) is 0 Å². The summed E-state index contributed by atoms with van der Waals surface area (Å²) in [6.07, 6.45) is 0. The number of amides is 1. The third kappa shape index (κ3) is 4.84. The number of nitro groups is 1. The Balaban J connectivity index is 2.80. The van der Waals surface area contributed by atoms with Gasteiger partial charge in [-0.15, -0.1) is 0 Å². The van der Waals surface area contributed by atoms with Crippen LogP contribution in [0.1, 0.15) is 24.2 Å².